The van der Waals surface area contributed by atoms with Gasteiger partial charge in [-0.3, -0.25) is 0 Å². The topological polar surface area (TPSA) is 0 Å². The Hall–Kier alpha value is 0. The van der Waals surface area contributed by atoms with Crippen LogP contribution in [0.4, 0.5) is 0 Å². The third-order valence-corrected chi connectivity index (χ3v) is 3.85. The molecule has 0 bridgehead atoms. The lowest BCUT2D eigenvalue weighted by molar-refractivity contribution is 0.0380. The molecule has 66 valence electrons. The molecule has 3 atom stereocenters. The van der Waals surface area contributed by atoms with Crippen LogP contribution in [0.2, 0.25) is 0 Å². The first-order valence-electron chi connectivity index (χ1n) is 5.08. The van der Waals surface area contributed by atoms with Crippen molar-refractivity contribution < 1.29 is 0 Å². The molecule has 0 aromatic carbocycles. The summed E-state index contributed by atoms with van der Waals surface area (Å²) < 4.78 is 0. The van der Waals surface area contributed by atoms with E-state index in [1.165, 1.54) is 25.7 Å². The van der Waals surface area contributed by atoms with Crippen LogP contribution in [0.5, 0.6) is 0 Å². The predicted octanol–water partition coefficient (Wildman–Crippen LogP) is 3.86. The first kappa shape index (κ1) is 9.09. The molecule has 1 rings (SSSR count). The zero-order chi connectivity index (χ0) is 8.48. The van der Waals surface area contributed by atoms with Gasteiger partial charge in [0.1, 0.15) is 0 Å². The van der Waals surface area contributed by atoms with Crippen molar-refractivity contribution >= 4 is 0 Å². The van der Waals surface area contributed by atoms with E-state index in [-0.39, 0.29) is 0 Å². The van der Waals surface area contributed by atoms with Crippen molar-refractivity contribution in [3.63, 3.8) is 0 Å². The molecule has 0 saturated heterocycles. The van der Waals surface area contributed by atoms with Gasteiger partial charge in [0, 0.05) is 0 Å². The summed E-state index contributed by atoms with van der Waals surface area (Å²) in [4.78, 5) is 0. The van der Waals surface area contributed by atoms with E-state index in [0.29, 0.717) is 5.41 Å². The Balaban J connectivity index is 2.35. The van der Waals surface area contributed by atoms with Gasteiger partial charge in [-0.15, -0.1) is 0 Å². The van der Waals surface area contributed by atoms with Gasteiger partial charge in [-0.25, -0.2) is 0 Å². The minimum atomic E-state index is 0.704. The van der Waals surface area contributed by atoms with Crippen LogP contribution >= 0.6 is 0 Å². The maximum Gasteiger partial charge on any atom is -0.0298 e. The van der Waals surface area contributed by atoms with Gasteiger partial charge in [0.15, 0.2) is 0 Å². The Morgan fingerprint density at radius 2 is 2.18 bits per heavy atom. The van der Waals surface area contributed by atoms with Crippen LogP contribution < -0.4 is 0 Å². The molecule has 0 heteroatoms. The Bertz CT molecular complexity index is 128. The fourth-order valence-corrected chi connectivity index (χ4v) is 2.17. The molecule has 0 aromatic heterocycles. The zero-order valence-electron chi connectivity index (χ0n) is 8.48. The molecule has 0 amide bonds. The molecule has 0 N–H and O–H groups in total. The van der Waals surface area contributed by atoms with Crippen LogP contribution in [-0.2, 0) is 0 Å². The molecule has 0 nitrogen and oxygen atoms in total. The quantitative estimate of drug-likeness (QED) is 0.579. The summed E-state index contributed by atoms with van der Waals surface area (Å²) in [6, 6.07) is 0. The number of hydrogen-bond acceptors (Lipinski definition) is 0. The molecule has 0 aliphatic heterocycles. The van der Waals surface area contributed by atoms with Crippen LogP contribution in [0, 0.1) is 17.3 Å². The Morgan fingerprint density at radius 1 is 1.55 bits per heavy atom. The average Bonchev–Trinajstić information content (AvgIpc) is 2.01. The third kappa shape index (κ3) is 1.77. The molecule has 0 radical (unpaired) electrons. The van der Waals surface area contributed by atoms with Gasteiger partial charge >= 0.3 is 0 Å². The SMILES string of the molecule is CCC(C)CC1(C)CCC1C. The van der Waals surface area contributed by atoms with Crippen molar-refractivity contribution in [3.05, 3.63) is 0 Å². The highest BCUT2D eigenvalue weighted by Crippen LogP contribution is 2.50. The van der Waals surface area contributed by atoms with Crippen molar-refractivity contribution in [2.75, 3.05) is 0 Å². The van der Waals surface area contributed by atoms with Crippen molar-refractivity contribution in [1.82, 2.24) is 0 Å². The standard InChI is InChI=1S/C11H22/c1-5-9(2)8-11(4)7-6-10(11)3/h9-10H,5-8H2,1-4H3. The first-order chi connectivity index (χ1) is 5.08. The van der Waals surface area contributed by atoms with Crippen LogP contribution in [0.1, 0.15) is 53.4 Å². The third-order valence-electron chi connectivity index (χ3n) is 3.85. The van der Waals surface area contributed by atoms with Crippen LogP contribution in [0.15, 0.2) is 0 Å². The maximum absolute atomic E-state index is 2.47. The molecule has 0 spiro atoms. The molecule has 1 saturated carbocycles. The first-order valence-corrected chi connectivity index (χ1v) is 5.08. The van der Waals surface area contributed by atoms with Crippen molar-refractivity contribution in [3.8, 4) is 0 Å². The monoisotopic (exact) mass is 154 g/mol. The van der Waals surface area contributed by atoms with Gasteiger partial charge in [0.05, 0.1) is 0 Å². The molecular weight excluding hydrogens is 132 g/mol. The molecule has 11 heavy (non-hydrogen) atoms. The second kappa shape index (κ2) is 3.16. The van der Waals surface area contributed by atoms with Gasteiger partial charge in [-0.05, 0) is 36.5 Å². The van der Waals surface area contributed by atoms with Gasteiger partial charge in [-0.1, -0.05) is 34.1 Å². The van der Waals surface area contributed by atoms with E-state index in [9.17, 15) is 0 Å². The molecule has 0 heterocycles. The lowest BCUT2D eigenvalue weighted by Gasteiger charge is -2.47. The molecule has 1 aliphatic carbocycles. The minimum absolute atomic E-state index is 0.704. The summed E-state index contributed by atoms with van der Waals surface area (Å²) in [6.45, 7) is 9.56. The fourth-order valence-electron chi connectivity index (χ4n) is 2.17. The summed E-state index contributed by atoms with van der Waals surface area (Å²) in [5, 5.41) is 0. The summed E-state index contributed by atoms with van der Waals surface area (Å²) in [5.41, 5.74) is 0.704. The summed E-state index contributed by atoms with van der Waals surface area (Å²) in [7, 11) is 0. The molecular formula is C11H22. The Morgan fingerprint density at radius 3 is 2.45 bits per heavy atom. The van der Waals surface area contributed by atoms with Gasteiger partial charge in [-0.2, -0.15) is 0 Å². The molecule has 1 fully saturated rings. The maximum atomic E-state index is 2.47. The fraction of sp³-hybridized carbons (Fsp3) is 1.00. The molecule has 3 unspecified atom stereocenters. The van der Waals surface area contributed by atoms with E-state index in [1.807, 2.05) is 0 Å². The van der Waals surface area contributed by atoms with Crippen molar-refractivity contribution in [2.45, 2.75) is 53.4 Å². The summed E-state index contributed by atoms with van der Waals surface area (Å²) >= 11 is 0. The highest BCUT2D eigenvalue weighted by Gasteiger charge is 2.39. The van der Waals surface area contributed by atoms with Gasteiger partial charge in [0.2, 0.25) is 0 Å². The van der Waals surface area contributed by atoms with Crippen molar-refractivity contribution in [1.29, 1.82) is 0 Å². The second-order valence-corrected chi connectivity index (χ2v) is 4.81. The number of rotatable bonds is 3. The smallest absolute Gasteiger partial charge is 0.0298 e. The van der Waals surface area contributed by atoms with E-state index >= 15 is 0 Å². The van der Waals surface area contributed by atoms with E-state index in [4.69, 9.17) is 0 Å². The lowest BCUT2D eigenvalue weighted by Crippen LogP contribution is -2.36. The Labute approximate surface area is 71.4 Å². The van der Waals surface area contributed by atoms with Crippen LogP contribution in [0.25, 0.3) is 0 Å². The van der Waals surface area contributed by atoms with E-state index in [0.717, 1.165) is 11.8 Å². The molecule has 1 aliphatic rings. The van der Waals surface area contributed by atoms with E-state index in [1.54, 1.807) is 0 Å². The summed E-state index contributed by atoms with van der Waals surface area (Å²) in [5.74, 6) is 1.92. The Kier molecular flexibility index (Phi) is 2.61. The highest BCUT2D eigenvalue weighted by atomic mass is 14.4. The van der Waals surface area contributed by atoms with Crippen LogP contribution in [0.3, 0.4) is 0 Å². The number of hydrogen-bond donors (Lipinski definition) is 0. The lowest BCUT2D eigenvalue weighted by atomic mass is 9.58. The van der Waals surface area contributed by atoms with Crippen molar-refractivity contribution in [2.24, 2.45) is 17.3 Å². The molecule has 0 aromatic rings. The zero-order valence-corrected chi connectivity index (χ0v) is 8.48. The van der Waals surface area contributed by atoms with Gasteiger partial charge < -0.3 is 0 Å². The largest absolute Gasteiger partial charge is 0.0651 e. The van der Waals surface area contributed by atoms with Crippen LogP contribution in [-0.4, -0.2) is 0 Å². The predicted molar refractivity (Wildman–Crippen MR) is 50.6 cm³/mol. The van der Waals surface area contributed by atoms with E-state index < -0.39 is 0 Å². The summed E-state index contributed by atoms with van der Waals surface area (Å²) in [6.07, 6.45) is 5.73. The normalized spacial score (nSPS) is 39.8. The van der Waals surface area contributed by atoms with Gasteiger partial charge in [0.25, 0.3) is 0 Å². The minimum Gasteiger partial charge on any atom is -0.0651 e. The van der Waals surface area contributed by atoms with E-state index in [2.05, 4.69) is 27.7 Å². The average molecular weight is 154 g/mol. The highest BCUT2D eigenvalue weighted by molar-refractivity contribution is 4.90. The second-order valence-electron chi connectivity index (χ2n) is 4.81.